The number of nitrogens with two attached hydrogens (primary N) is 1. The minimum Gasteiger partial charge on any atom is -0.384 e. The first kappa shape index (κ1) is 25.6. The van der Waals surface area contributed by atoms with Crippen LogP contribution in [0.1, 0.15) is 28.7 Å². The second kappa shape index (κ2) is 10.5. The number of halogens is 1. The zero-order chi connectivity index (χ0) is 25.0. The fraction of sp³-hybridized carbons (Fsp3) is 0.318. The number of benzene rings is 2. The molecule has 1 aliphatic heterocycles. The van der Waals surface area contributed by atoms with E-state index in [0.717, 1.165) is 10.6 Å². The number of hydrogen-bond acceptors (Lipinski definition) is 6. The third-order valence-electron chi connectivity index (χ3n) is 5.28. The number of carbonyl (C=O) groups excluding carboxylic acids is 2. The summed E-state index contributed by atoms with van der Waals surface area (Å²) in [6.45, 7) is 3.58. The normalized spacial score (nSPS) is 16.4. The van der Waals surface area contributed by atoms with Crippen LogP contribution in [0.25, 0.3) is 0 Å². The van der Waals surface area contributed by atoms with Crippen molar-refractivity contribution >= 4 is 39.3 Å². The van der Waals surface area contributed by atoms with Crippen molar-refractivity contribution in [1.82, 2.24) is 15.2 Å². The lowest BCUT2D eigenvalue weighted by atomic mass is 10.1. The van der Waals surface area contributed by atoms with Gasteiger partial charge in [-0.15, -0.1) is 4.83 Å². The zero-order valence-corrected chi connectivity index (χ0v) is 20.3. The minimum atomic E-state index is -4.05. The molecule has 1 saturated heterocycles. The van der Waals surface area contributed by atoms with Crippen LogP contribution in [-0.4, -0.2) is 50.3 Å². The van der Waals surface area contributed by atoms with E-state index in [1.54, 1.807) is 44.2 Å². The van der Waals surface area contributed by atoms with Crippen LogP contribution in [0.4, 0.5) is 0 Å². The van der Waals surface area contributed by atoms with Gasteiger partial charge in [0.25, 0.3) is 15.9 Å². The maximum atomic E-state index is 12.9. The molecule has 1 heterocycles. The molecule has 12 heteroatoms. The number of amides is 2. The molecule has 1 aliphatic rings. The molecule has 182 valence electrons. The molecule has 5 N–H and O–H groups in total. The molecule has 1 fully saturated rings. The number of nitrogens with zero attached hydrogens (tertiary/aromatic N) is 1. The quantitative estimate of drug-likeness (QED) is 0.312. The number of nitrogen functional groups attached to an aromatic ring is 1. The van der Waals surface area contributed by atoms with Crippen LogP contribution >= 0.6 is 11.6 Å². The Kier molecular flexibility index (Phi) is 7.93. The first-order chi connectivity index (χ1) is 16.0. The van der Waals surface area contributed by atoms with E-state index in [9.17, 15) is 18.0 Å². The molecule has 0 aliphatic carbocycles. The van der Waals surface area contributed by atoms with Crippen LogP contribution in [0.5, 0.6) is 0 Å². The lowest BCUT2D eigenvalue weighted by molar-refractivity contribution is -0.157. The Bertz CT molecular complexity index is 1220. The second-order valence-electron chi connectivity index (χ2n) is 7.90. The smallest absolute Gasteiger partial charge is 0.267 e. The average Bonchev–Trinajstić information content (AvgIpc) is 2.77. The van der Waals surface area contributed by atoms with E-state index >= 15 is 0 Å². The number of sulfonamides is 1. The number of rotatable bonds is 8. The largest absolute Gasteiger partial charge is 0.384 e. The van der Waals surface area contributed by atoms with Crippen LogP contribution in [0.15, 0.2) is 41.3 Å². The van der Waals surface area contributed by atoms with Crippen molar-refractivity contribution in [2.75, 3.05) is 13.2 Å². The first-order valence-corrected chi connectivity index (χ1v) is 12.3. The van der Waals surface area contributed by atoms with E-state index in [-0.39, 0.29) is 36.8 Å². The Morgan fingerprint density at radius 3 is 2.56 bits per heavy atom. The molecule has 3 rings (SSSR count). The molecule has 0 saturated carbocycles. The van der Waals surface area contributed by atoms with Crippen molar-refractivity contribution in [3.05, 3.63) is 63.7 Å². The van der Waals surface area contributed by atoms with Crippen LogP contribution in [0.2, 0.25) is 5.02 Å². The molecule has 0 spiro atoms. The summed E-state index contributed by atoms with van der Waals surface area (Å²) >= 11 is 6.06. The highest BCUT2D eigenvalue weighted by Gasteiger charge is 2.34. The van der Waals surface area contributed by atoms with Crippen LogP contribution < -0.4 is 15.9 Å². The first-order valence-electron chi connectivity index (χ1n) is 10.4. The summed E-state index contributed by atoms with van der Waals surface area (Å²) in [6.07, 6.45) is -1.38. The summed E-state index contributed by atoms with van der Waals surface area (Å²) in [7, 11) is -4.05. The van der Waals surface area contributed by atoms with Crippen molar-refractivity contribution in [3.8, 4) is 0 Å². The minimum absolute atomic E-state index is 0.00427. The Morgan fingerprint density at radius 1 is 1.24 bits per heavy atom. The Labute approximate surface area is 202 Å². The van der Waals surface area contributed by atoms with Gasteiger partial charge in [-0.3, -0.25) is 20.0 Å². The van der Waals surface area contributed by atoms with Gasteiger partial charge in [-0.1, -0.05) is 35.9 Å². The highest BCUT2D eigenvalue weighted by molar-refractivity contribution is 7.89. The number of carbonyl (C=O) groups is 2. The molecule has 34 heavy (non-hydrogen) atoms. The molecule has 0 bridgehead atoms. The van der Waals surface area contributed by atoms with Crippen molar-refractivity contribution < 1.29 is 22.7 Å². The molecule has 2 aromatic rings. The number of hydrazine groups is 1. The second-order valence-corrected chi connectivity index (χ2v) is 9.94. The van der Waals surface area contributed by atoms with Gasteiger partial charge in [0.1, 0.15) is 11.9 Å². The average molecular weight is 508 g/mol. The topological polar surface area (TPSA) is 155 Å². The van der Waals surface area contributed by atoms with Gasteiger partial charge in [-0.2, -0.15) is 0 Å². The maximum absolute atomic E-state index is 12.9. The number of ether oxygens (including phenoxy) is 1. The molecule has 2 aromatic carbocycles. The number of hydrogen-bond donors (Lipinski definition) is 4. The van der Waals surface area contributed by atoms with Gasteiger partial charge >= 0.3 is 0 Å². The molecule has 0 aromatic heterocycles. The summed E-state index contributed by atoms with van der Waals surface area (Å²) in [5.74, 6) is -1.13. The number of amidine groups is 1. The molecule has 0 radical (unpaired) electrons. The Morgan fingerprint density at radius 2 is 1.91 bits per heavy atom. The Balaban J connectivity index is 1.60. The van der Waals surface area contributed by atoms with E-state index in [2.05, 4.69) is 10.1 Å². The van der Waals surface area contributed by atoms with E-state index in [1.807, 2.05) is 0 Å². The highest BCUT2D eigenvalue weighted by Crippen LogP contribution is 2.24. The third-order valence-corrected chi connectivity index (χ3v) is 7.16. The van der Waals surface area contributed by atoms with Crippen molar-refractivity contribution in [2.24, 2.45) is 5.73 Å². The van der Waals surface area contributed by atoms with Crippen LogP contribution in [-0.2, 0) is 30.9 Å². The maximum Gasteiger partial charge on any atom is 0.267 e. The fourth-order valence-electron chi connectivity index (χ4n) is 3.36. The molecular weight excluding hydrogens is 482 g/mol. The fourth-order valence-corrected chi connectivity index (χ4v) is 4.96. The predicted octanol–water partition coefficient (Wildman–Crippen LogP) is 1.37. The summed E-state index contributed by atoms with van der Waals surface area (Å²) < 4.78 is 31.2. The zero-order valence-electron chi connectivity index (χ0n) is 18.7. The number of aryl methyl sites for hydroxylation is 2. The molecule has 1 unspecified atom stereocenters. The summed E-state index contributed by atoms with van der Waals surface area (Å²) in [6, 6.07) is 9.80. The molecule has 2 amide bonds. The Hall–Kier alpha value is -2.99. The van der Waals surface area contributed by atoms with E-state index < -0.39 is 27.9 Å². The van der Waals surface area contributed by atoms with Crippen LogP contribution in [0, 0.1) is 19.3 Å². The monoisotopic (exact) mass is 507 g/mol. The summed E-state index contributed by atoms with van der Waals surface area (Å²) in [4.78, 5) is 27.5. The van der Waals surface area contributed by atoms with Crippen LogP contribution in [0.3, 0.4) is 0 Å². The van der Waals surface area contributed by atoms with Crippen molar-refractivity contribution in [3.63, 3.8) is 0 Å². The van der Waals surface area contributed by atoms with Gasteiger partial charge in [-0.05, 0) is 42.7 Å². The van der Waals surface area contributed by atoms with Gasteiger partial charge in [0.15, 0.2) is 0 Å². The highest BCUT2D eigenvalue weighted by atomic mass is 35.5. The summed E-state index contributed by atoms with van der Waals surface area (Å²) in [5.41, 5.74) is 7.81. The summed E-state index contributed by atoms with van der Waals surface area (Å²) in [5, 5.41) is 11.5. The molecular formula is C22H26ClN5O5S. The van der Waals surface area contributed by atoms with Crippen molar-refractivity contribution in [2.45, 2.75) is 37.8 Å². The van der Waals surface area contributed by atoms with Gasteiger partial charge in [0.05, 0.1) is 24.5 Å². The van der Waals surface area contributed by atoms with Gasteiger partial charge in [-0.25, -0.2) is 8.42 Å². The SMILES string of the molecule is Cc1cc(S(=O)(=O)NN2CCOC(CC(=O)NCc3ccc(C(=N)N)cc3)C2=O)c(C)cc1Cl. The standard InChI is InChI=1S/C22H26ClN5O5S/c1-13-10-19(14(2)9-17(13)23)34(31,32)27-28-7-8-33-18(22(28)30)11-20(29)26-12-15-3-5-16(6-4-15)21(24)25/h3-6,9-10,18,27H,7-8,11-12H2,1-2H3,(H3,24,25)(H,26,29). The lowest BCUT2D eigenvalue weighted by Gasteiger charge is -2.32. The molecule has 1 atom stereocenters. The van der Waals surface area contributed by atoms with Gasteiger partial charge < -0.3 is 15.8 Å². The molecule has 10 nitrogen and oxygen atoms in total. The van der Waals surface area contributed by atoms with Crippen molar-refractivity contribution in [1.29, 1.82) is 5.41 Å². The van der Waals surface area contributed by atoms with E-state index in [0.29, 0.717) is 21.7 Å². The predicted molar refractivity (Wildman–Crippen MR) is 127 cm³/mol. The van der Waals surface area contributed by atoms with E-state index in [4.69, 9.17) is 27.5 Å². The van der Waals surface area contributed by atoms with Gasteiger partial charge in [0.2, 0.25) is 5.91 Å². The number of nitrogens with one attached hydrogen (secondary N) is 3. The van der Waals surface area contributed by atoms with Gasteiger partial charge in [0, 0.05) is 17.1 Å². The number of morpholine rings is 1. The lowest BCUT2D eigenvalue weighted by Crippen LogP contribution is -2.56. The van der Waals surface area contributed by atoms with E-state index in [1.165, 1.54) is 6.07 Å². The third kappa shape index (κ3) is 6.11.